The number of likely N-dealkylation sites (tertiary alicyclic amines) is 2. The van der Waals surface area contributed by atoms with Crippen LogP contribution in [0.2, 0.25) is 5.04 Å². The fourth-order valence-electron chi connectivity index (χ4n) is 25.3. The number of nitrogens with zero attached hydrogens (tertiary/aromatic N) is 2. The SMILES string of the molecule is CC(C)CCCC(C)C1CCC2C3CC=C4C[C@@H](OCC(=O)NCCOCC(=O)N5C[C@H](C)C[C@H]5CO)CC[C@]4(C)C3CC[C@]12C.CC(C)CCCC(C)C1CCC2C3CC=C4C[C@@H](OCC(=O)NCCOCC(=O)N5C[C@H](C)C[C@H]5CO[Si](c5ccccc5)(c5ccccc5)C(C)(C)C)CC[C@]4(C)C3CC[C@]12C.[I][V]([I])[I].[I][V][I]. The van der Waals surface area contributed by atoms with Crippen molar-refractivity contribution < 1.29 is 62.0 Å². The Labute approximate surface area is 770 Å². The summed E-state index contributed by atoms with van der Waals surface area (Å²) in [5.74, 6) is 10.5. The minimum absolute atomic E-state index is 0.00919. The zero-order valence-electron chi connectivity index (χ0n) is 73.6. The van der Waals surface area contributed by atoms with Gasteiger partial charge in [-0.15, -0.1) is 0 Å². The standard InChI is InChI=1S/C55H84N2O5Si.C39H66N2O5.5HI.2V/c1-39(2)17-16-18-41(4)48-25-26-49-47-24-23-42-34-44(27-29-54(42,8)50(47)28-30-55(48,49)9)61-37-51(58)56-31-32-60-38-52(59)57-35-40(3)33-43(57)36-62-63(53(5,6)7,45-19-12-10-13-20-45)46-21-14-11-15-22-46;1-26(2)8-7-9-28(4)33-12-13-34-32-11-10-29-21-31(14-16-38(29,5)35(32)15-17-39(33,34)6)46-24-36(43)40-18-19-45-25-37(44)41-22-27(3)20-30(41)23-42;;;;;;;/h10-15,19-23,39-41,43-44,47-50H,16-18,24-38H2,1-9H3,(H,56,58);10,26-28,30-35,42H,7-9,11-25H2,1-6H3,(H,40,43);5*1H;;/q;;;;;;;+2;+3/p-5/t40-,41?,43+,44+,47?,48?,49?,50?,54+,55-;27-,28?,30+,31+,32?,33?,34?,35?,38+,39-;;;;;;;/m11......./s1. The predicted octanol–water partition coefficient (Wildman–Crippen LogP) is 21.6. The second-order valence-corrected chi connectivity index (χ2v) is 91.7. The summed E-state index contributed by atoms with van der Waals surface area (Å²) in [6, 6.07) is 21.2. The molecular formula is C94H150I5N4O10SiV2. The average Bonchev–Trinajstić information content (AvgIpc) is 1.42. The van der Waals surface area contributed by atoms with E-state index in [0.29, 0.717) is 64.9 Å². The predicted molar refractivity (Wildman–Crippen MR) is 513 cm³/mol. The summed E-state index contributed by atoms with van der Waals surface area (Å²) in [5.41, 5.74) is 4.77. The molecule has 0 bridgehead atoms. The maximum atomic E-state index is 13.6. The van der Waals surface area contributed by atoms with E-state index >= 15 is 0 Å². The summed E-state index contributed by atoms with van der Waals surface area (Å²) in [6.45, 7) is 39.4. The van der Waals surface area contributed by atoms with Crippen LogP contribution in [0.1, 0.15) is 258 Å². The number of aliphatic hydroxyl groups excluding tert-OH is 1. The summed E-state index contributed by atoms with van der Waals surface area (Å²) in [4.78, 5) is 55.0. The molecule has 8 aliphatic carbocycles. The van der Waals surface area contributed by atoms with Crippen LogP contribution in [-0.4, -0.2) is 150 Å². The van der Waals surface area contributed by atoms with Gasteiger partial charge in [0.15, 0.2) is 0 Å². The third-order valence-corrected chi connectivity index (χ3v) is 36.0. The Hall–Kier alpha value is 0.596. The van der Waals surface area contributed by atoms with Gasteiger partial charge in [-0.05, 0) is 235 Å². The summed E-state index contributed by atoms with van der Waals surface area (Å²) >= 11 is 12.1. The van der Waals surface area contributed by atoms with Crippen LogP contribution < -0.4 is 21.0 Å². The number of rotatable bonds is 32. The average molecular weight is 2260 g/mol. The molecule has 2 saturated heterocycles. The van der Waals surface area contributed by atoms with Gasteiger partial charge in [-0.25, -0.2) is 0 Å². The molecule has 10 unspecified atom stereocenters. The van der Waals surface area contributed by atoms with Crippen molar-refractivity contribution in [1.29, 1.82) is 0 Å². The Bertz CT molecular complexity index is 3410. The van der Waals surface area contributed by atoms with Crippen LogP contribution >= 0.6 is 99.9 Å². The van der Waals surface area contributed by atoms with E-state index < -0.39 is 8.32 Å². The molecule has 116 heavy (non-hydrogen) atoms. The van der Waals surface area contributed by atoms with Gasteiger partial charge in [0.05, 0.1) is 50.7 Å². The monoisotopic (exact) mass is 2260 g/mol. The molecule has 2 aliphatic heterocycles. The van der Waals surface area contributed by atoms with Crippen LogP contribution in [0.15, 0.2) is 84.0 Å². The Balaban J connectivity index is 0.000000256. The van der Waals surface area contributed by atoms with E-state index in [2.05, 4.69) is 287 Å². The van der Waals surface area contributed by atoms with Gasteiger partial charge in [0, 0.05) is 26.2 Å². The molecular weight excluding hydrogens is 2110 g/mol. The number of carbonyl (C=O) groups excluding carboxylic acids is 4. The molecule has 8 fully saturated rings. The molecule has 12 rings (SSSR count). The van der Waals surface area contributed by atoms with Crippen LogP contribution in [0, 0.1) is 105 Å². The first-order valence-corrected chi connectivity index (χ1v) is 69.6. The summed E-state index contributed by atoms with van der Waals surface area (Å²) in [5, 5.41) is 17.7. The van der Waals surface area contributed by atoms with Crippen molar-refractivity contribution in [3.05, 3.63) is 84.0 Å². The molecule has 2 aromatic rings. The van der Waals surface area contributed by atoms with Crippen molar-refractivity contribution in [2.45, 2.75) is 287 Å². The number of benzene rings is 2. The first kappa shape index (κ1) is 100. The van der Waals surface area contributed by atoms with Gasteiger partial charge in [-0.3, -0.25) is 19.2 Å². The minimum atomic E-state index is -2.73. The molecule has 6 saturated carbocycles. The Morgan fingerprint density at radius 3 is 1.35 bits per heavy atom. The fourth-order valence-corrected chi connectivity index (χ4v) is 29.9. The van der Waals surface area contributed by atoms with Crippen molar-refractivity contribution in [3.63, 3.8) is 0 Å². The molecule has 0 radical (unpaired) electrons. The van der Waals surface area contributed by atoms with Crippen molar-refractivity contribution in [3.8, 4) is 0 Å². The number of amides is 4. The summed E-state index contributed by atoms with van der Waals surface area (Å²) in [6.07, 6.45) is 35.5. The van der Waals surface area contributed by atoms with Gasteiger partial charge in [0.2, 0.25) is 23.6 Å². The van der Waals surface area contributed by atoms with Crippen LogP contribution in [0.4, 0.5) is 0 Å². The number of aliphatic hydroxyl groups is 1. The van der Waals surface area contributed by atoms with E-state index in [4.69, 9.17) is 23.4 Å². The molecule has 14 nitrogen and oxygen atoms in total. The third kappa shape index (κ3) is 25.8. The second-order valence-electron chi connectivity index (χ2n) is 40.2. The third-order valence-electron chi connectivity index (χ3n) is 31.0. The van der Waals surface area contributed by atoms with Crippen LogP contribution in [0.25, 0.3) is 0 Å². The normalized spacial score (nSPS) is 32.4. The quantitative estimate of drug-likeness (QED) is 0.0278. The molecule has 2 heterocycles. The molecule has 0 aromatic heterocycles. The number of fused-ring (bicyclic) bond motifs is 10. The molecule has 20 atom stereocenters. The number of hydrogen-bond donors (Lipinski definition) is 3. The number of hydrogen-bond acceptors (Lipinski definition) is 10. The number of ether oxygens (including phenoxy) is 4. The van der Waals surface area contributed by atoms with Gasteiger partial charge in [-0.1, -0.05) is 226 Å². The molecule has 655 valence electrons. The van der Waals surface area contributed by atoms with E-state index in [-0.39, 0.29) is 115 Å². The number of halogens is 5. The van der Waals surface area contributed by atoms with E-state index in [9.17, 15) is 24.3 Å². The van der Waals surface area contributed by atoms with Gasteiger partial charge in [-0.2, -0.15) is 0 Å². The van der Waals surface area contributed by atoms with Gasteiger partial charge in [0.25, 0.3) is 8.32 Å². The first-order valence-electron chi connectivity index (χ1n) is 45.1. The van der Waals surface area contributed by atoms with Crippen LogP contribution in [0.5, 0.6) is 0 Å². The zero-order valence-corrected chi connectivity index (χ0v) is 88.2. The number of carbonyl (C=O) groups is 4. The van der Waals surface area contributed by atoms with Crippen molar-refractivity contribution in [2.75, 3.05) is 79.0 Å². The molecule has 4 amide bonds. The topological polar surface area (TPSA) is 165 Å². The maximum absolute atomic E-state index is 13.6. The summed E-state index contributed by atoms with van der Waals surface area (Å²) < 4.78 is 31.1. The Morgan fingerprint density at radius 1 is 0.569 bits per heavy atom. The van der Waals surface area contributed by atoms with Gasteiger partial charge >= 0.3 is 114 Å². The van der Waals surface area contributed by atoms with Gasteiger partial charge < -0.3 is 48.9 Å². The molecule has 22 heteroatoms. The molecule has 2 aromatic carbocycles. The van der Waals surface area contributed by atoms with E-state index in [1.807, 2.05) is 4.90 Å². The van der Waals surface area contributed by atoms with Crippen molar-refractivity contribution in [1.82, 2.24) is 20.4 Å². The molecule has 10 aliphatic rings. The zero-order chi connectivity index (χ0) is 84.3. The van der Waals surface area contributed by atoms with Crippen LogP contribution in [0.3, 0.4) is 0 Å². The Kier molecular flexibility index (Phi) is 40.7. The van der Waals surface area contributed by atoms with E-state index in [0.717, 1.165) is 116 Å². The molecule has 0 spiro atoms. The second kappa shape index (κ2) is 47.1. The number of nitrogens with one attached hydrogen (secondary N) is 2. The first-order chi connectivity index (χ1) is 55.2. The van der Waals surface area contributed by atoms with Crippen molar-refractivity contribution in [2.24, 2.45) is 105 Å². The van der Waals surface area contributed by atoms with E-state index in [1.54, 1.807) is 16.0 Å². The number of allylic oxidation sites excluding steroid dienone is 2. The van der Waals surface area contributed by atoms with Crippen LogP contribution in [-0.2, 0) is 56.9 Å². The Morgan fingerprint density at radius 2 is 0.966 bits per heavy atom. The molecule has 3 N–H and O–H groups in total. The van der Waals surface area contributed by atoms with Gasteiger partial charge in [0.1, 0.15) is 26.4 Å². The summed E-state index contributed by atoms with van der Waals surface area (Å²) in [7, 11) is -2.10. The van der Waals surface area contributed by atoms with E-state index in [1.165, 1.54) is 120 Å². The fraction of sp³-hybridized carbons (Fsp3) is 0.787. The van der Waals surface area contributed by atoms with Crippen molar-refractivity contribution >= 4 is 142 Å².